The Hall–Kier alpha value is -2.45. The molecule has 0 unspecified atom stereocenters. The zero-order valence-electron chi connectivity index (χ0n) is 13.0. The summed E-state index contributed by atoms with van der Waals surface area (Å²) in [6.07, 6.45) is -4.71. The zero-order valence-corrected chi connectivity index (χ0v) is 13.0. The number of benzene rings is 1. The molecule has 1 aromatic rings. The van der Waals surface area contributed by atoms with Crippen LogP contribution in [0.4, 0.5) is 13.2 Å². The number of aliphatic carboxylic acids is 1. The first kappa shape index (κ1) is 17.9. The van der Waals surface area contributed by atoms with Gasteiger partial charge in [-0.15, -0.1) is 0 Å². The predicted octanol–water partition coefficient (Wildman–Crippen LogP) is 2.04. The highest BCUT2D eigenvalue weighted by Gasteiger charge is 2.53. The molecule has 0 saturated carbocycles. The smallest absolute Gasteiger partial charge is 0.394 e. The number of hydrogen-bond acceptors (Lipinski definition) is 4. The molecule has 2 rings (SSSR count). The lowest BCUT2D eigenvalue weighted by Gasteiger charge is -2.20. The fourth-order valence-electron chi connectivity index (χ4n) is 2.77. The molecule has 0 bridgehead atoms. The van der Waals surface area contributed by atoms with Gasteiger partial charge in [-0.05, 0) is 12.1 Å². The number of rotatable bonds is 4. The van der Waals surface area contributed by atoms with Crippen LogP contribution in [-0.2, 0) is 4.79 Å². The highest BCUT2D eigenvalue weighted by atomic mass is 19.4. The van der Waals surface area contributed by atoms with Crippen LogP contribution in [-0.4, -0.2) is 55.4 Å². The quantitative estimate of drug-likeness (QED) is 0.902. The molecule has 1 saturated heterocycles. The number of nitrogens with zero attached hydrogens (tertiary/aromatic N) is 1. The van der Waals surface area contributed by atoms with Crippen molar-refractivity contribution < 1.29 is 37.3 Å². The molecule has 1 N–H and O–H groups in total. The summed E-state index contributed by atoms with van der Waals surface area (Å²) in [7, 11) is 2.63. The summed E-state index contributed by atoms with van der Waals surface area (Å²) in [5, 5.41) is 9.03. The van der Waals surface area contributed by atoms with E-state index in [0.717, 1.165) is 4.90 Å². The van der Waals surface area contributed by atoms with E-state index in [1.807, 2.05) is 0 Å². The van der Waals surface area contributed by atoms with E-state index in [1.165, 1.54) is 26.4 Å². The van der Waals surface area contributed by atoms with E-state index in [-0.39, 0.29) is 17.1 Å². The van der Waals surface area contributed by atoms with Crippen LogP contribution in [0.2, 0.25) is 0 Å². The summed E-state index contributed by atoms with van der Waals surface area (Å²) in [5.74, 6) is -5.88. The van der Waals surface area contributed by atoms with Crippen LogP contribution >= 0.6 is 0 Å². The predicted molar refractivity (Wildman–Crippen MR) is 76.1 cm³/mol. The van der Waals surface area contributed by atoms with Gasteiger partial charge < -0.3 is 19.5 Å². The number of carboxylic acids is 1. The second-order valence-corrected chi connectivity index (χ2v) is 5.34. The Kier molecular flexibility index (Phi) is 4.91. The van der Waals surface area contributed by atoms with Gasteiger partial charge in [-0.2, -0.15) is 13.2 Å². The van der Waals surface area contributed by atoms with Gasteiger partial charge in [0.2, 0.25) is 0 Å². The molecule has 1 amide bonds. The summed E-state index contributed by atoms with van der Waals surface area (Å²) >= 11 is 0. The van der Waals surface area contributed by atoms with E-state index in [4.69, 9.17) is 14.6 Å². The number of carbonyl (C=O) groups is 2. The topological polar surface area (TPSA) is 76.1 Å². The number of methoxy groups -OCH3 is 2. The van der Waals surface area contributed by atoms with Gasteiger partial charge in [0.1, 0.15) is 17.1 Å². The number of alkyl halides is 3. The number of hydrogen-bond donors (Lipinski definition) is 1. The lowest BCUT2D eigenvalue weighted by molar-refractivity contribution is -0.187. The van der Waals surface area contributed by atoms with Gasteiger partial charge in [-0.1, -0.05) is 6.07 Å². The van der Waals surface area contributed by atoms with Gasteiger partial charge in [0, 0.05) is 13.1 Å². The van der Waals surface area contributed by atoms with Crippen molar-refractivity contribution in [3.8, 4) is 11.5 Å². The first-order valence-electron chi connectivity index (χ1n) is 7.00. The Morgan fingerprint density at radius 1 is 1.17 bits per heavy atom. The fourth-order valence-corrected chi connectivity index (χ4v) is 2.77. The monoisotopic (exact) mass is 347 g/mol. The Morgan fingerprint density at radius 2 is 1.71 bits per heavy atom. The van der Waals surface area contributed by atoms with Crippen molar-refractivity contribution in [2.75, 3.05) is 27.3 Å². The van der Waals surface area contributed by atoms with Gasteiger partial charge >= 0.3 is 12.1 Å². The Labute approximate surface area is 135 Å². The molecule has 1 aliphatic rings. The average molecular weight is 347 g/mol. The largest absolute Gasteiger partial charge is 0.496 e. The molecular formula is C15H16F3NO5. The zero-order chi connectivity index (χ0) is 18.1. The lowest BCUT2D eigenvalue weighted by Crippen LogP contribution is -2.34. The van der Waals surface area contributed by atoms with Gasteiger partial charge in [0.15, 0.2) is 0 Å². The number of halogens is 3. The third-order valence-electron chi connectivity index (χ3n) is 3.99. The van der Waals surface area contributed by atoms with E-state index < -0.39 is 43.0 Å². The molecule has 132 valence electrons. The van der Waals surface area contributed by atoms with Crippen LogP contribution in [0, 0.1) is 11.8 Å². The standard InChI is InChI=1S/C15H16F3NO5/c1-23-10-4-3-5-11(24-2)12(10)13(20)19-6-8(14(21)22)9(7-19)15(16,17)18/h3-5,8-9H,6-7H2,1-2H3,(H,21,22)/t8-,9-/m1/s1. The molecule has 6 nitrogen and oxygen atoms in total. The second kappa shape index (κ2) is 6.58. The van der Waals surface area contributed by atoms with E-state index in [0.29, 0.717) is 0 Å². The normalized spacial score (nSPS) is 20.8. The number of carbonyl (C=O) groups excluding carboxylic acids is 1. The third kappa shape index (κ3) is 3.24. The Bertz CT molecular complexity index is 624. The van der Waals surface area contributed by atoms with Crippen molar-refractivity contribution in [2.24, 2.45) is 11.8 Å². The maximum absolute atomic E-state index is 13.1. The van der Waals surface area contributed by atoms with Crippen molar-refractivity contribution in [3.63, 3.8) is 0 Å². The van der Waals surface area contributed by atoms with E-state index in [1.54, 1.807) is 6.07 Å². The third-order valence-corrected chi connectivity index (χ3v) is 3.99. The first-order valence-corrected chi connectivity index (χ1v) is 7.00. The minimum atomic E-state index is -4.71. The lowest BCUT2D eigenvalue weighted by atomic mass is 9.96. The van der Waals surface area contributed by atoms with Crippen LogP contribution in [0.1, 0.15) is 10.4 Å². The molecule has 1 fully saturated rings. The SMILES string of the molecule is COc1cccc(OC)c1C(=O)N1C[C@@H](C(F)(F)F)[C@H](C(=O)O)C1. The summed E-state index contributed by atoms with van der Waals surface area (Å²) in [4.78, 5) is 24.6. The van der Waals surface area contributed by atoms with E-state index in [2.05, 4.69) is 0 Å². The van der Waals surface area contributed by atoms with Crippen LogP contribution in [0.5, 0.6) is 11.5 Å². The average Bonchev–Trinajstić information content (AvgIpc) is 2.99. The van der Waals surface area contributed by atoms with E-state index in [9.17, 15) is 22.8 Å². The summed E-state index contributed by atoms with van der Waals surface area (Å²) in [6, 6.07) is 4.51. The first-order chi connectivity index (χ1) is 11.2. The molecule has 9 heteroatoms. The van der Waals surface area contributed by atoms with Crippen molar-refractivity contribution in [1.82, 2.24) is 4.90 Å². The van der Waals surface area contributed by atoms with Crippen LogP contribution < -0.4 is 9.47 Å². The maximum atomic E-state index is 13.1. The van der Waals surface area contributed by atoms with Crippen LogP contribution in [0.25, 0.3) is 0 Å². The van der Waals surface area contributed by atoms with Crippen LogP contribution in [0.15, 0.2) is 18.2 Å². The van der Waals surface area contributed by atoms with Gasteiger partial charge in [-0.25, -0.2) is 0 Å². The second-order valence-electron chi connectivity index (χ2n) is 5.34. The van der Waals surface area contributed by atoms with Crippen molar-refractivity contribution in [3.05, 3.63) is 23.8 Å². The van der Waals surface area contributed by atoms with Gasteiger partial charge in [0.05, 0.1) is 26.1 Å². The minimum Gasteiger partial charge on any atom is -0.496 e. The summed E-state index contributed by atoms with van der Waals surface area (Å²) < 4.78 is 49.3. The molecule has 2 atom stereocenters. The molecule has 0 radical (unpaired) electrons. The highest BCUT2D eigenvalue weighted by molar-refractivity contribution is 6.00. The number of amides is 1. The highest BCUT2D eigenvalue weighted by Crippen LogP contribution is 2.39. The van der Waals surface area contributed by atoms with Crippen LogP contribution in [0.3, 0.4) is 0 Å². The molecule has 0 spiro atoms. The fraction of sp³-hybridized carbons (Fsp3) is 0.467. The van der Waals surface area contributed by atoms with Gasteiger partial charge in [0.25, 0.3) is 5.91 Å². The molecule has 24 heavy (non-hydrogen) atoms. The summed E-state index contributed by atoms with van der Waals surface area (Å²) in [6.45, 7) is -1.25. The van der Waals surface area contributed by atoms with Crippen molar-refractivity contribution in [1.29, 1.82) is 0 Å². The number of carboxylic acid groups (broad SMARTS) is 1. The summed E-state index contributed by atoms with van der Waals surface area (Å²) in [5.41, 5.74) is -0.0329. The number of likely N-dealkylation sites (tertiary alicyclic amines) is 1. The molecule has 1 aromatic carbocycles. The molecule has 1 heterocycles. The molecule has 1 aliphatic heterocycles. The Morgan fingerprint density at radius 3 is 2.08 bits per heavy atom. The Balaban J connectivity index is 2.37. The molecule has 0 aliphatic carbocycles. The van der Waals surface area contributed by atoms with Crippen molar-refractivity contribution >= 4 is 11.9 Å². The van der Waals surface area contributed by atoms with Crippen molar-refractivity contribution in [2.45, 2.75) is 6.18 Å². The minimum absolute atomic E-state index is 0.0329. The maximum Gasteiger partial charge on any atom is 0.394 e. The molecular weight excluding hydrogens is 331 g/mol. The van der Waals surface area contributed by atoms with E-state index >= 15 is 0 Å². The van der Waals surface area contributed by atoms with Gasteiger partial charge in [-0.3, -0.25) is 9.59 Å². The number of ether oxygens (including phenoxy) is 2. The molecule has 0 aromatic heterocycles.